The smallest absolute Gasteiger partial charge is 0.161 e. The van der Waals surface area contributed by atoms with E-state index in [0.29, 0.717) is 11.5 Å². The van der Waals surface area contributed by atoms with Crippen molar-refractivity contribution in [2.75, 3.05) is 17.6 Å². The number of anilines is 1. The van der Waals surface area contributed by atoms with Crippen LogP contribution in [-0.4, -0.2) is 27.2 Å². The molecular weight excluding hydrogens is 232 g/mol. The number of rotatable bonds is 2. The molecule has 17 heavy (non-hydrogen) atoms. The Balaban J connectivity index is 1.99. The molecule has 0 bridgehead atoms. The second-order valence-corrected chi connectivity index (χ2v) is 6.47. The Labute approximate surface area is 107 Å². The van der Waals surface area contributed by atoms with E-state index in [9.17, 15) is 0 Å². The molecule has 0 saturated heterocycles. The fourth-order valence-corrected chi connectivity index (χ4v) is 2.49. The monoisotopic (exact) mass is 252 g/mol. The first kappa shape index (κ1) is 12.5. The van der Waals surface area contributed by atoms with Gasteiger partial charge in [-0.05, 0) is 19.3 Å². The number of hydrogen-bond acceptors (Lipinski definition) is 4. The van der Waals surface area contributed by atoms with Crippen molar-refractivity contribution in [1.82, 2.24) is 9.78 Å². The van der Waals surface area contributed by atoms with Crippen LogP contribution in [0.15, 0.2) is 17.4 Å². The zero-order valence-electron chi connectivity index (χ0n) is 10.9. The van der Waals surface area contributed by atoms with Gasteiger partial charge in [-0.15, -0.1) is 0 Å². The number of hydrogen-bond donors (Lipinski definition) is 1. The Hall–Kier alpha value is -0.970. The van der Waals surface area contributed by atoms with Gasteiger partial charge in [0.15, 0.2) is 5.17 Å². The van der Waals surface area contributed by atoms with E-state index in [0.717, 1.165) is 23.2 Å². The number of thioether (sulfide) groups is 1. The molecular formula is C12H20N4S. The lowest BCUT2D eigenvalue weighted by Crippen LogP contribution is -2.27. The summed E-state index contributed by atoms with van der Waals surface area (Å²) >= 11 is 1.78. The first-order valence-electron chi connectivity index (χ1n) is 5.95. The highest BCUT2D eigenvalue weighted by molar-refractivity contribution is 8.14. The molecule has 1 aromatic heterocycles. The van der Waals surface area contributed by atoms with Crippen molar-refractivity contribution in [2.45, 2.75) is 33.7 Å². The van der Waals surface area contributed by atoms with Crippen LogP contribution in [-0.2, 0) is 0 Å². The molecule has 0 spiro atoms. The Morgan fingerprint density at radius 3 is 2.76 bits per heavy atom. The average molecular weight is 252 g/mol. The number of aliphatic imine (C=N–C) groups is 1. The quantitative estimate of drug-likeness (QED) is 0.879. The summed E-state index contributed by atoms with van der Waals surface area (Å²) in [6.45, 7) is 9.62. The van der Waals surface area contributed by atoms with E-state index in [2.05, 4.69) is 43.1 Å². The lowest BCUT2D eigenvalue weighted by atomic mass is 9.97. The Morgan fingerprint density at radius 2 is 2.24 bits per heavy atom. The normalized spacial score (nSPS) is 19.2. The van der Waals surface area contributed by atoms with Gasteiger partial charge >= 0.3 is 0 Å². The van der Waals surface area contributed by atoms with Gasteiger partial charge in [0, 0.05) is 24.5 Å². The minimum Gasteiger partial charge on any atom is -0.332 e. The molecule has 0 aliphatic carbocycles. The van der Waals surface area contributed by atoms with Crippen LogP contribution in [0, 0.1) is 5.41 Å². The second kappa shape index (κ2) is 4.72. The molecule has 0 radical (unpaired) electrons. The van der Waals surface area contributed by atoms with E-state index in [1.54, 1.807) is 11.8 Å². The number of amidine groups is 1. The first-order chi connectivity index (χ1) is 7.96. The van der Waals surface area contributed by atoms with Gasteiger partial charge in [0.05, 0.1) is 11.9 Å². The van der Waals surface area contributed by atoms with Crippen LogP contribution < -0.4 is 5.32 Å². The summed E-state index contributed by atoms with van der Waals surface area (Å²) in [6.07, 6.45) is 3.87. The third-order valence-electron chi connectivity index (χ3n) is 2.63. The van der Waals surface area contributed by atoms with E-state index in [4.69, 9.17) is 0 Å². The van der Waals surface area contributed by atoms with Gasteiger partial charge in [0.25, 0.3) is 0 Å². The van der Waals surface area contributed by atoms with Crippen molar-refractivity contribution in [2.24, 2.45) is 10.4 Å². The molecule has 0 amide bonds. The maximum absolute atomic E-state index is 4.56. The van der Waals surface area contributed by atoms with Gasteiger partial charge in [-0.3, -0.25) is 9.67 Å². The van der Waals surface area contributed by atoms with E-state index in [-0.39, 0.29) is 0 Å². The minimum atomic E-state index is 0.317. The van der Waals surface area contributed by atoms with E-state index in [1.807, 2.05) is 17.1 Å². The molecule has 5 heteroatoms. The van der Waals surface area contributed by atoms with Crippen molar-refractivity contribution in [1.29, 1.82) is 0 Å². The van der Waals surface area contributed by atoms with Crippen LogP contribution in [0.4, 0.5) is 5.69 Å². The molecule has 2 rings (SSSR count). The van der Waals surface area contributed by atoms with Gasteiger partial charge in [0.1, 0.15) is 0 Å². The van der Waals surface area contributed by atoms with Crippen LogP contribution in [0.5, 0.6) is 0 Å². The van der Waals surface area contributed by atoms with Crippen LogP contribution in [0.3, 0.4) is 0 Å². The third-order valence-corrected chi connectivity index (χ3v) is 4.06. The SMILES string of the molecule is CC(C)n1cc(NC2=NCC(C)(C)CS2)cn1. The fraction of sp³-hybridized carbons (Fsp3) is 0.667. The average Bonchev–Trinajstić information content (AvgIpc) is 2.70. The van der Waals surface area contributed by atoms with Gasteiger partial charge in [-0.25, -0.2) is 0 Å². The number of aromatic nitrogens is 2. The Bertz CT molecular complexity index is 420. The predicted molar refractivity (Wildman–Crippen MR) is 74.8 cm³/mol. The maximum atomic E-state index is 4.56. The molecule has 1 aliphatic rings. The highest BCUT2D eigenvalue weighted by Gasteiger charge is 2.23. The topological polar surface area (TPSA) is 42.2 Å². The molecule has 1 N–H and O–H groups in total. The van der Waals surface area contributed by atoms with Crippen LogP contribution in [0.2, 0.25) is 0 Å². The van der Waals surface area contributed by atoms with Gasteiger partial charge in [-0.1, -0.05) is 25.6 Å². The summed E-state index contributed by atoms with van der Waals surface area (Å²) in [5.74, 6) is 1.11. The largest absolute Gasteiger partial charge is 0.332 e. The molecule has 0 aromatic carbocycles. The van der Waals surface area contributed by atoms with Crippen LogP contribution in [0.1, 0.15) is 33.7 Å². The standard InChI is InChI=1S/C12H20N4S/c1-9(2)16-6-10(5-14-16)15-11-13-7-12(3,4)8-17-11/h5-6,9H,7-8H2,1-4H3,(H,13,15). The molecule has 1 aromatic rings. The van der Waals surface area contributed by atoms with Gasteiger partial charge < -0.3 is 5.32 Å². The molecule has 0 unspecified atom stereocenters. The molecule has 1 aliphatic heterocycles. The van der Waals surface area contributed by atoms with Gasteiger partial charge in [0.2, 0.25) is 0 Å². The lowest BCUT2D eigenvalue weighted by Gasteiger charge is -2.27. The first-order valence-corrected chi connectivity index (χ1v) is 6.93. The highest BCUT2D eigenvalue weighted by Crippen LogP contribution is 2.28. The Morgan fingerprint density at radius 1 is 1.47 bits per heavy atom. The summed E-state index contributed by atoms with van der Waals surface area (Å²) in [5.41, 5.74) is 1.34. The second-order valence-electron chi connectivity index (χ2n) is 5.50. The van der Waals surface area contributed by atoms with Crippen LogP contribution in [0.25, 0.3) is 0 Å². The van der Waals surface area contributed by atoms with Crippen LogP contribution >= 0.6 is 11.8 Å². The zero-order chi connectivity index (χ0) is 12.5. The lowest BCUT2D eigenvalue weighted by molar-refractivity contribution is 0.438. The maximum Gasteiger partial charge on any atom is 0.161 e. The molecule has 4 nitrogen and oxygen atoms in total. The summed E-state index contributed by atoms with van der Waals surface area (Å²) in [6, 6.07) is 0.394. The number of nitrogens with zero attached hydrogens (tertiary/aromatic N) is 3. The molecule has 0 saturated carbocycles. The zero-order valence-corrected chi connectivity index (χ0v) is 11.7. The third kappa shape index (κ3) is 3.25. The van der Waals surface area contributed by atoms with Crippen molar-refractivity contribution in [3.05, 3.63) is 12.4 Å². The van der Waals surface area contributed by atoms with Gasteiger partial charge in [-0.2, -0.15) is 5.10 Å². The fourth-order valence-electron chi connectivity index (χ4n) is 1.52. The highest BCUT2D eigenvalue weighted by atomic mass is 32.2. The summed E-state index contributed by atoms with van der Waals surface area (Å²) in [5, 5.41) is 8.63. The van der Waals surface area contributed by atoms with E-state index >= 15 is 0 Å². The minimum absolute atomic E-state index is 0.317. The van der Waals surface area contributed by atoms with Crippen molar-refractivity contribution in [3.8, 4) is 0 Å². The molecule has 2 heterocycles. The van der Waals surface area contributed by atoms with Crippen molar-refractivity contribution >= 4 is 22.6 Å². The van der Waals surface area contributed by atoms with Crippen molar-refractivity contribution < 1.29 is 0 Å². The predicted octanol–water partition coefficient (Wildman–Crippen LogP) is 3.00. The summed E-state index contributed by atoms with van der Waals surface area (Å²) in [4.78, 5) is 4.56. The summed E-state index contributed by atoms with van der Waals surface area (Å²) < 4.78 is 1.94. The number of nitrogens with one attached hydrogen (secondary N) is 1. The Kier molecular flexibility index (Phi) is 3.47. The van der Waals surface area contributed by atoms with E-state index in [1.165, 1.54) is 0 Å². The molecule has 0 fully saturated rings. The summed E-state index contributed by atoms with van der Waals surface area (Å²) in [7, 11) is 0. The van der Waals surface area contributed by atoms with Crippen molar-refractivity contribution in [3.63, 3.8) is 0 Å². The van der Waals surface area contributed by atoms with E-state index < -0.39 is 0 Å². The molecule has 0 atom stereocenters. The molecule has 94 valence electrons.